The summed E-state index contributed by atoms with van der Waals surface area (Å²) in [4.78, 5) is 7.69. The van der Waals surface area contributed by atoms with Crippen molar-refractivity contribution in [2.75, 3.05) is 0 Å². The van der Waals surface area contributed by atoms with Crippen LogP contribution in [0.4, 0.5) is 0 Å². The van der Waals surface area contributed by atoms with Crippen molar-refractivity contribution in [3.8, 4) is 0 Å². The fourth-order valence-electron chi connectivity index (χ4n) is 2.57. The first-order chi connectivity index (χ1) is 10.7. The molecule has 23 heavy (non-hydrogen) atoms. The smallest absolute Gasteiger partial charge is 0.192 e. The first kappa shape index (κ1) is 16.2. The number of aromatic nitrogens is 2. The third kappa shape index (κ3) is 2.24. The molecule has 0 saturated heterocycles. The topological polar surface area (TPSA) is 80.2 Å². The van der Waals surface area contributed by atoms with E-state index in [1.165, 1.54) is 18.3 Å². The molecule has 0 aromatic carbocycles. The van der Waals surface area contributed by atoms with Gasteiger partial charge in [0.1, 0.15) is 20.9 Å². The molecule has 2 aromatic heterocycles. The molecule has 3 heterocycles. The second kappa shape index (κ2) is 5.19. The molecule has 0 atom stereocenters. The average Bonchev–Trinajstić information content (AvgIpc) is 2.48. The van der Waals surface area contributed by atoms with Crippen molar-refractivity contribution < 1.29 is 13.5 Å². The lowest BCUT2D eigenvalue weighted by Gasteiger charge is -2.32. The molecule has 120 valence electrons. The van der Waals surface area contributed by atoms with E-state index >= 15 is 0 Å². The molecule has 0 aliphatic carbocycles. The fourth-order valence-corrected chi connectivity index (χ4v) is 4.83. The van der Waals surface area contributed by atoms with Gasteiger partial charge in [-0.05, 0) is 32.0 Å². The highest BCUT2D eigenvalue weighted by Gasteiger charge is 2.48. The maximum Gasteiger partial charge on any atom is 0.192 e. The van der Waals surface area contributed by atoms with E-state index in [2.05, 4.69) is 9.97 Å². The lowest BCUT2D eigenvalue weighted by molar-refractivity contribution is 0.501. The van der Waals surface area contributed by atoms with E-state index in [1.807, 2.05) is 0 Å². The molecule has 0 unspecified atom stereocenters. The molecule has 0 fully saturated rings. The normalized spacial score (nSPS) is 18.6. The van der Waals surface area contributed by atoms with Gasteiger partial charge in [0.2, 0.25) is 0 Å². The standard InChI is InChI=1S/C15H12Cl2N2O3S/c1-15(2)9-4-3-7-18-11(9)12(20)13(23(15,21)22)8-5-6-10(16)19-14(8)17/h3-7,20H,1-2H3. The lowest BCUT2D eigenvalue weighted by atomic mass is 9.98. The Kier molecular flexibility index (Phi) is 3.66. The van der Waals surface area contributed by atoms with Gasteiger partial charge in [0.25, 0.3) is 0 Å². The summed E-state index contributed by atoms with van der Waals surface area (Å²) in [5.74, 6) is -0.439. The van der Waals surface area contributed by atoms with Crippen molar-refractivity contribution in [3.63, 3.8) is 0 Å². The van der Waals surface area contributed by atoms with Gasteiger partial charge in [-0.3, -0.25) is 4.98 Å². The van der Waals surface area contributed by atoms with Crippen molar-refractivity contribution in [1.29, 1.82) is 0 Å². The van der Waals surface area contributed by atoms with Crippen molar-refractivity contribution in [3.05, 3.63) is 57.6 Å². The summed E-state index contributed by atoms with van der Waals surface area (Å²) < 4.78 is 24.9. The first-order valence-corrected chi connectivity index (χ1v) is 8.88. The molecule has 0 saturated carbocycles. The quantitative estimate of drug-likeness (QED) is 0.771. The SMILES string of the molecule is CC1(C)c2cccnc2C(O)=C(c2ccc(Cl)nc2Cl)S1(=O)=O. The van der Waals surface area contributed by atoms with E-state index in [4.69, 9.17) is 23.2 Å². The molecule has 3 rings (SSSR count). The molecule has 1 N–H and O–H groups in total. The molecule has 8 heteroatoms. The van der Waals surface area contributed by atoms with Crippen LogP contribution in [0.1, 0.15) is 30.7 Å². The molecular weight excluding hydrogens is 359 g/mol. The van der Waals surface area contributed by atoms with Gasteiger partial charge in [-0.15, -0.1) is 0 Å². The number of sulfone groups is 1. The minimum Gasteiger partial charge on any atom is -0.504 e. The summed E-state index contributed by atoms with van der Waals surface area (Å²) in [6, 6.07) is 6.10. The number of aliphatic hydroxyl groups excluding tert-OH is 1. The van der Waals surface area contributed by atoms with Crippen LogP contribution < -0.4 is 0 Å². The van der Waals surface area contributed by atoms with E-state index in [1.54, 1.807) is 26.0 Å². The summed E-state index contributed by atoms with van der Waals surface area (Å²) in [6.07, 6.45) is 1.49. The largest absolute Gasteiger partial charge is 0.504 e. The predicted molar refractivity (Wildman–Crippen MR) is 89.9 cm³/mol. The number of aliphatic hydroxyl groups is 1. The molecule has 5 nitrogen and oxygen atoms in total. The summed E-state index contributed by atoms with van der Waals surface area (Å²) in [7, 11) is -3.93. The average molecular weight is 371 g/mol. The first-order valence-electron chi connectivity index (χ1n) is 6.64. The van der Waals surface area contributed by atoms with Crippen LogP contribution in [0, 0.1) is 0 Å². The molecule has 0 spiro atoms. The monoisotopic (exact) mass is 370 g/mol. The maximum absolute atomic E-state index is 13.1. The second-order valence-corrected chi connectivity index (χ2v) is 8.74. The fraction of sp³-hybridized carbons (Fsp3) is 0.200. The number of halogens is 2. The van der Waals surface area contributed by atoms with Crippen LogP contribution in [0.3, 0.4) is 0 Å². The van der Waals surface area contributed by atoms with E-state index in [-0.39, 0.29) is 26.5 Å². The van der Waals surface area contributed by atoms with Crippen LogP contribution in [-0.4, -0.2) is 23.5 Å². The zero-order chi connectivity index (χ0) is 17.0. The van der Waals surface area contributed by atoms with Crippen LogP contribution in [-0.2, 0) is 14.6 Å². The van der Waals surface area contributed by atoms with Crippen molar-refractivity contribution in [2.45, 2.75) is 18.6 Å². The number of hydrogen-bond donors (Lipinski definition) is 1. The number of pyridine rings is 2. The molecule has 1 aliphatic rings. The Morgan fingerprint density at radius 1 is 1.17 bits per heavy atom. The zero-order valence-electron chi connectivity index (χ0n) is 12.2. The molecule has 0 radical (unpaired) electrons. The highest BCUT2D eigenvalue weighted by Crippen LogP contribution is 2.48. The van der Waals surface area contributed by atoms with Gasteiger partial charge in [-0.25, -0.2) is 13.4 Å². The summed E-state index contributed by atoms with van der Waals surface area (Å²) in [5, 5.41) is 10.6. The lowest BCUT2D eigenvalue weighted by Crippen LogP contribution is -2.35. The minimum absolute atomic E-state index is 0.0953. The predicted octanol–water partition coefficient (Wildman–Crippen LogP) is 3.83. The summed E-state index contributed by atoms with van der Waals surface area (Å²) in [6.45, 7) is 3.12. The number of hydrogen-bond acceptors (Lipinski definition) is 5. The zero-order valence-corrected chi connectivity index (χ0v) is 14.5. The van der Waals surface area contributed by atoms with Gasteiger partial charge < -0.3 is 5.11 Å². The van der Waals surface area contributed by atoms with Crippen LogP contribution in [0.5, 0.6) is 0 Å². The Bertz CT molecular complexity index is 953. The molecule has 2 aromatic rings. The van der Waals surface area contributed by atoms with E-state index in [0.29, 0.717) is 5.56 Å². The number of nitrogens with zero attached hydrogens (tertiary/aromatic N) is 2. The van der Waals surface area contributed by atoms with Gasteiger partial charge in [0, 0.05) is 17.3 Å². The Morgan fingerprint density at radius 3 is 2.52 bits per heavy atom. The third-order valence-corrected chi connectivity index (χ3v) is 6.91. The Labute approximate surface area is 143 Å². The second-order valence-electron chi connectivity index (χ2n) is 5.56. The van der Waals surface area contributed by atoms with E-state index in [0.717, 1.165) is 0 Å². The number of fused-ring (bicyclic) bond motifs is 1. The van der Waals surface area contributed by atoms with Crippen molar-refractivity contribution in [2.24, 2.45) is 0 Å². The van der Waals surface area contributed by atoms with E-state index in [9.17, 15) is 13.5 Å². The van der Waals surface area contributed by atoms with Crippen molar-refractivity contribution >= 4 is 43.7 Å². The maximum atomic E-state index is 13.1. The highest BCUT2D eigenvalue weighted by atomic mass is 35.5. The molecular formula is C15H12Cl2N2O3S. The van der Waals surface area contributed by atoms with Crippen LogP contribution in [0.25, 0.3) is 10.7 Å². The minimum atomic E-state index is -3.93. The van der Waals surface area contributed by atoms with E-state index < -0.39 is 20.3 Å². The molecule has 1 aliphatic heterocycles. The Hall–Kier alpha value is -1.63. The highest BCUT2D eigenvalue weighted by molar-refractivity contribution is 8.01. The molecule has 0 bridgehead atoms. The Balaban J connectivity index is 2.44. The van der Waals surface area contributed by atoms with Gasteiger partial charge in [-0.1, -0.05) is 29.3 Å². The van der Waals surface area contributed by atoms with Gasteiger partial charge in [0.05, 0.1) is 4.75 Å². The number of rotatable bonds is 1. The summed E-state index contributed by atoms with van der Waals surface area (Å²) >= 11 is 11.8. The summed E-state index contributed by atoms with van der Waals surface area (Å²) in [5.41, 5.74) is 0.741. The van der Waals surface area contributed by atoms with Gasteiger partial charge in [-0.2, -0.15) is 0 Å². The van der Waals surface area contributed by atoms with Crippen LogP contribution >= 0.6 is 23.2 Å². The molecule has 0 amide bonds. The third-order valence-electron chi connectivity index (χ3n) is 3.90. The van der Waals surface area contributed by atoms with Crippen LogP contribution in [0.2, 0.25) is 10.3 Å². The van der Waals surface area contributed by atoms with Crippen molar-refractivity contribution in [1.82, 2.24) is 9.97 Å². The van der Waals surface area contributed by atoms with Gasteiger partial charge in [0.15, 0.2) is 15.6 Å². The van der Waals surface area contributed by atoms with Crippen LogP contribution in [0.15, 0.2) is 30.5 Å². The Morgan fingerprint density at radius 2 is 1.87 bits per heavy atom. The van der Waals surface area contributed by atoms with Gasteiger partial charge >= 0.3 is 0 Å².